The van der Waals surface area contributed by atoms with Gasteiger partial charge in [-0.3, -0.25) is 0 Å². The van der Waals surface area contributed by atoms with Gasteiger partial charge in [-0.05, 0) is 5.82 Å². The maximum atomic E-state index is 8.22. The van der Waals surface area contributed by atoms with Crippen LogP contribution in [0.25, 0.3) is 0 Å². The first-order valence-corrected chi connectivity index (χ1v) is 2.51. The first-order chi connectivity index (χ1) is 3.72. The number of rotatable bonds is 1. The SMILES string of the molecule is CC(C)B(C#N)C#N. The average molecular weight is 106 g/mol. The fraction of sp³-hybridized carbons (Fsp3) is 0.600. The molecule has 2 nitrogen and oxygen atoms in total. The van der Waals surface area contributed by atoms with Gasteiger partial charge in [-0.25, -0.2) is 10.5 Å². The van der Waals surface area contributed by atoms with E-state index in [4.69, 9.17) is 10.5 Å². The number of nitriles is 2. The average Bonchev–Trinajstić information content (AvgIpc) is 1.69. The molecule has 0 aliphatic rings. The first-order valence-electron chi connectivity index (χ1n) is 2.51. The minimum Gasteiger partial charge on any atom is -0.211 e. The molecule has 0 aromatic heterocycles. The molecule has 8 heavy (non-hydrogen) atoms. The second-order valence-electron chi connectivity index (χ2n) is 1.98. The summed E-state index contributed by atoms with van der Waals surface area (Å²) in [6, 6.07) is 0. The van der Waals surface area contributed by atoms with Crippen molar-refractivity contribution in [1.82, 2.24) is 0 Å². The summed E-state index contributed by atoms with van der Waals surface area (Å²) in [5.74, 6) is 3.94. The van der Waals surface area contributed by atoms with E-state index in [-0.39, 0.29) is 5.82 Å². The number of nitrogens with zero attached hydrogens (tertiary/aromatic N) is 2. The zero-order valence-electron chi connectivity index (χ0n) is 5.05. The molecule has 0 aromatic carbocycles. The standard InChI is InChI=1S/C5H7BN2/c1-5(2)6(3-7)4-8/h5H,1-2H3. The summed E-state index contributed by atoms with van der Waals surface area (Å²) < 4.78 is 0. The molecule has 0 atom stereocenters. The van der Waals surface area contributed by atoms with Crippen LogP contribution in [0.4, 0.5) is 0 Å². The van der Waals surface area contributed by atoms with Crippen LogP contribution < -0.4 is 0 Å². The van der Waals surface area contributed by atoms with Gasteiger partial charge in [0.05, 0.1) is 0 Å². The molecule has 0 saturated carbocycles. The summed E-state index contributed by atoms with van der Waals surface area (Å²) in [5, 5.41) is 16.4. The van der Waals surface area contributed by atoms with E-state index >= 15 is 0 Å². The Morgan fingerprint density at radius 2 is 1.62 bits per heavy atom. The minimum atomic E-state index is -0.435. The predicted octanol–water partition coefficient (Wildman–Crippen LogP) is 1.02. The molecule has 0 aliphatic carbocycles. The van der Waals surface area contributed by atoms with E-state index in [2.05, 4.69) is 0 Å². The van der Waals surface area contributed by atoms with Gasteiger partial charge in [0, 0.05) is 11.9 Å². The smallest absolute Gasteiger partial charge is 0.211 e. The minimum absolute atomic E-state index is 0.157. The van der Waals surface area contributed by atoms with Gasteiger partial charge in [-0.15, -0.1) is 0 Å². The Hall–Kier alpha value is -0.955. The number of hydrogen-bond donors (Lipinski definition) is 0. The molecule has 0 unspecified atom stereocenters. The van der Waals surface area contributed by atoms with Crippen LogP contribution in [-0.4, -0.2) is 6.71 Å². The highest BCUT2D eigenvalue weighted by molar-refractivity contribution is 6.75. The van der Waals surface area contributed by atoms with Crippen molar-refractivity contribution < 1.29 is 0 Å². The maximum absolute atomic E-state index is 8.22. The highest BCUT2D eigenvalue weighted by Gasteiger charge is 2.16. The van der Waals surface area contributed by atoms with Gasteiger partial charge >= 0.3 is 6.71 Å². The third-order valence-corrected chi connectivity index (χ3v) is 0.945. The molecule has 0 rings (SSSR count). The topological polar surface area (TPSA) is 47.6 Å². The Bertz CT molecular complexity index is 125. The molecule has 3 heteroatoms. The zero-order chi connectivity index (χ0) is 6.57. The predicted molar refractivity (Wildman–Crippen MR) is 32.1 cm³/mol. The van der Waals surface area contributed by atoms with Gasteiger partial charge in [0.15, 0.2) is 0 Å². The van der Waals surface area contributed by atoms with Crippen molar-refractivity contribution in [3.05, 3.63) is 0 Å². The monoisotopic (exact) mass is 106 g/mol. The van der Waals surface area contributed by atoms with Gasteiger partial charge in [0.25, 0.3) is 0 Å². The summed E-state index contributed by atoms with van der Waals surface area (Å²) >= 11 is 0. The molecule has 0 amide bonds. The van der Waals surface area contributed by atoms with E-state index in [1.54, 1.807) is 0 Å². The molecule has 0 spiro atoms. The van der Waals surface area contributed by atoms with Crippen LogP contribution >= 0.6 is 0 Å². The molecule has 0 N–H and O–H groups in total. The molecule has 0 aromatic rings. The lowest BCUT2D eigenvalue weighted by molar-refractivity contribution is 1.05. The van der Waals surface area contributed by atoms with E-state index in [9.17, 15) is 0 Å². The molecular weight excluding hydrogens is 98.9 g/mol. The van der Waals surface area contributed by atoms with E-state index < -0.39 is 6.71 Å². The summed E-state index contributed by atoms with van der Waals surface area (Å²) in [7, 11) is 0. The molecular formula is C5H7BN2. The highest BCUT2D eigenvalue weighted by atomic mass is 14.2. The van der Waals surface area contributed by atoms with Crippen molar-refractivity contribution in [1.29, 1.82) is 10.5 Å². The molecule has 0 bridgehead atoms. The van der Waals surface area contributed by atoms with Gasteiger partial charge in [0.1, 0.15) is 0 Å². The van der Waals surface area contributed by atoms with Crippen molar-refractivity contribution in [2.75, 3.05) is 0 Å². The molecule has 0 saturated heterocycles. The first kappa shape index (κ1) is 7.04. The highest BCUT2D eigenvalue weighted by Crippen LogP contribution is 2.03. The fourth-order valence-corrected chi connectivity index (χ4v) is 0.327. The van der Waals surface area contributed by atoms with Crippen LogP contribution in [0.1, 0.15) is 13.8 Å². The molecule has 40 valence electrons. The van der Waals surface area contributed by atoms with Crippen LogP contribution in [0.15, 0.2) is 0 Å². The summed E-state index contributed by atoms with van der Waals surface area (Å²) in [5.41, 5.74) is 0. The molecule has 0 radical (unpaired) electrons. The lowest BCUT2D eigenvalue weighted by Gasteiger charge is -1.94. The van der Waals surface area contributed by atoms with Crippen molar-refractivity contribution in [2.45, 2.75) is 19.7 Å². The molecule has 0 heterocycles. The van der Waals surface area contributed by atoms with Gasteiger partial charge in [0.2, 0.25) is 0 Å². The zero-order valence-corrected chi connectivity index (χ0v) is 5.05. The Balaban J connectivity index is 3.81. The Kier molecular flexibility index (Phi) is 2.73. The summed E-state index contributed by atoms with van der Waals surface area (Å²) in [6.45, 7) is 3.28. The van der Waals surface area contributed by atoms with Gasteiger partial charge < -0.3 is 0 Å². The van der Waals surface area contributed by atoms with E-state index in [0.717, 1.165) is 0 Å². The van der Waals surface area contributed by atoms with Crippen LogP contribution in [0.2, 0.25) is 5.82 Å². The summed E-state index contributed by atoms with van der Waals surface area (Å²) in [4.78, 5) is 0. The number of hydrogen-bond acceptors (Lipinski definition) is 2. The third-order valence-electron chi connectivity index (χ3n) is 0.945. The van der Waals surface area contributed by atoms with Crippen molar-refractivity contribution in [2.24, 2.45) is 0 Å². The van der Waals surface area contributed by atoms with Gasteiger partial charge in [-0.2, -0.15) is 0 Å². The van der Waals surface area contributed by atoms with E-state index in [0.29, 0.717) is 0 Å². The summed E-state index contributed by atoms with van der Waals surface area (Å²) in [6.07, 6.45) is 0. The van der Waals surface area contributed by atoms with Crippen LogP contribution in [-0.2, 0) is 0 Å². The van der Waals surface area contributed by atoms with Crippen molar-refractivity contribution in [3.63, 3.8) is 0 Å². The van der Waals surface area contributed by atoms with E-state index in [1.165, 1.54) is 0 Å². The largest absolute Gasteiger partial charge is 0.388 e. The maximum Gasteiger partial charge on any atom is 0.388 e. The van der Waals surface area contributed by atoms with Crippen LogP contribution in [0.5, 0.6) is 0 Å². The molecule has 0 fully saturated rings. The lowest BCUT2D eigenvalue weighted by Crippen LogP contribution is -2.10. The van der Waals surface area contributed by atoms with Gasteiger partial charge in [-0.1, -0.05) is 13.8 Å². The third kappa shape index (κ3) is 1.66. The van der Waals surface area contributed by atoms with Crippen molar-refractivity contribution in [3.8, 4) is 11.9 Å². The van der Waals surface area contributed by atoms with E-state index in [1.807, 2.05) is 25.8 Å². The lowest BCUT2D eigenvalue weighted by atomic mass is 9.45. The Morgan fingerprint density at radius 3 is 1.62 bits per heavy atom. The Morgan fingerprint density at radius 1 is 1.25 bits per heavy atom. The second kappa shape index (κ2) is 3.10. The van der Waals surface area contributed by atoms with Crippen LogP contribution in [0, 0.1) is 22.5 Å². The Labute approximate surface area is 49.8 Å². The second-order valence-corrected chi connectivity index (χ2v) is 1.98. The quantitative estimate of drug-likeness (QED) is 0.468. The molecule has 0 aliphatic heterocycles. The fourth-order valence-electron chi connectivity index (χ4n) is 0.327. The normalized spacial score (nSPS) is 7.62. The van der Waals surface area contributed by atoms with Crippen LogP contribution in [0.3, 0.4) is 0 Å². The van der Waals surface area contributed by atoms with Crippen molar-refractivity contribution >= 4 is 6.71 Å².